The standard InChI is InChI=1S/C20H16N2O5S2/c1-3-7-22-15-11-16-17(27-9-8-26-16)12-18(15)28-20(22)21-19(23)13-5-4-6-14(10-13)29(2,24)25/h1,4-6,10-12H,7-9H2,2H3. The number of benzene rings is 2. The Bertz CT molecular complexity index is 1340. The fourth-order valence-electron chi connectivity index (χ4n) is 2.95. The normalized spacial score (nSPS) is 14.0. The third kappa shape index (κ3) is 3.77. The Hall–Kier alpha value is -3.09. The number of fused-ring (bicyclic) bond motifs is 2. The minimum Gasteiger partial charge on any atom is -0.486 e. The predicted molar refractivity (Wildman–Crippen MR) is 109 cm³/mol. The fourth-order valence-corrected chi connectivity index (χ4v) is 4.65. The number of rotatable bonds is 3. The lowest BCUT2D eigenvalue weighted by atomic mass is 10.2. The van der Waals surface area contributed by atoms with Crippen molar-refractivity contribution in [2.24, 2.45) is 4.99 Å². The van der Waals surface area contributed by atoms with Gasteiger partial charge in [-0.1, -0.05) is 23.3 Å². The van der Waals surface area contributed by atoms with Crippen LogP contribution in [0, 0.1) is 12.3 Å². The molecule has 0 fully saturated rings. The number of thiazole rings is 1. The Morgan fingerprint density at radius 2 is 1.97 bits per heavy atom. The summed E-state index contributed by atoms with van der Waals surface area (Å²) in [5.74, 6) is 3.27. The second-order valence-corrected chi connectivity index (χ2v) is 9.38. The number of carbonyl (C=O) groups excluding carboxylic acids is 1. The second kappa shape index (κ2) is 7.39. The van der Waals surface area contributed by atoms with Gasteiger partial charge in [0.05, 0.1) is 21.7 Å². The van der Waals surface area contributed by atoms with Gasteiger partial charge in [0.25, 0.3) is 5.91 Å². The molecule has 0 bridgehead atoms. The lowest BCUT2D eigenvalue weighted by Gasteiger charge is -2.18. The average molecular weight is 428 g/mol. The molecule has 1 aliphatic heterocycles. The summed E-state index contributed by atoms with van der Waals surface area (Å²) < 4.78 is 37.4. The van der Waals surface area contributed by atoms with Crippen molar-refractivity contribution in [3.05, 3.63) is 46.8 Å². The highest BCUT2D eigenvalue weighted by atomic mass is 32.2. The van der Waals surface area contributed by atoms with E-state index in [2.05, 4.69) is 10.9 Å². The van der Waals surface area contributed by atoms with Gasteiger partial charge in [0.2, 0.25) is 0 Å². The maximum absolute atomic E-state index is 12.7. The molecular formula is C20H16N2O5S2. The smallest absolute Gasteiger partial charge is 0.279 e. The van der Waals surface area contributed by atoms with Crippen LogP contribution in [-0.4, -0.2) is 38.4 Å². The van der Waals surface area contributed by atoms with E-state index in [0.717, 1.165) is 16.5 Å². The van der Waals surface area contributed by atoms with E-state index in [9.17, 15) is 13.2 Å². The summed E-state index contributed by atoms with van der Waals surface area (Å²) in [5.41, 5.74) is 0.970. The number of terminal acetylenes is 1. The third-order valence-corrected chi connectivity index (χ3v) is 6.45. The lowest BCUT2D eigenvalue weighted by Crippen LogP contribution is -2.17. The van der Waals surface area contributed by atoms with E-state index in [1.54, 1.807) is 4.57 Å². The molecule has 2 heterocycles. The maximum atomic E-state index is 12.7. The summed E-state index contributed by atoms with van der Waals surface area (Å²) in [4.78, 5) is 17.4. The molecular weight excluding hydrogens is 412 g/mol. The molecule has 0 unspecified atom stereocenters. The third-order valence-electron chi connectivity index (χ3n) is 4.30. The van der Waals surface area contributed by atoms with Crippen molar-refractivity contribution in [3.8, 4) is 23.8 Å². The van der Waals surface area contributed by atoms with E-state index in [1.807, 2.05) is 12.1 Å². The van der Waals surface area contributed by atoms with Crippen LogP contribution in [0.15, 0.2) is 46.3 Å². The number of carbonyl (C=O) groups is 1. The van der Waals surface area contributed by atoms with Crippen molar-refractivity contribution < 1.29 is 22.7 Å². The molecule has 0 atom stereocenters. The molecule has 0 radical (unpaired) electrons. The van der Waals surface area contributed by atoms with Gasteiger partial charge in [-0.05, 0) is 18.2 Å². The number of ether oxygens (including phenoxy) is 2. The highest BCUT2D eigenvalue weighted by Gasteiger charge is 2.17. The van der Waals surface area contributed by atoms with Gasteiger partial charge >= 0.3 is 0 Å². The van der Waals surface area contributed by atoms with Crippen LogP contribution in [0.1, 0.15) is 10.4 Å². The van der Waals surface area contributed by atoms with Crippen LogP contribution in [0.4, 0.5) is 0 Å². The first kappa shape index (κ1) is 19.2. The van der Waals surface area contributed by atoms with E-state index in [-0.39, 0.29) is 17.0 Å². The van der Waals surface area contributed by atoms with Gasteiger partial charge in [0.15, 0.2) is 26.1 Å². The lowest BCUT2D eigenvalue weighted by molar-refractivity contribution is 0.0997. The van der Waals surface area contributed by atoms with E-state index >= 15 is 0 Å². The molecule has 0 saturated heterocycles. The number of aromatic nitrogens is 1. The monoisotopic (exact) mass is 428 g/mol. The first-order valence-corrected chi connectivity index (χ1v) is 11.3. The Kier molecular flexibility index (Phi) is 4.90. The average Bonchev–Trinajstić information content (AvgIpc) is 3.02. The van der Waals surface area contributed by atoms with Crippen LogP contribution < -0.4 is 14.3 Å². The van der Waals surface area contributed by atoms with E-state index < -0.39 is 15.7 Å². The summed E-state index contributed by atoms with van der Waals surface area (Å²) in [5, 5.41) is 0. The number of hydrogen-bond donors (Lipinski definition) is 0. The van der Waals surface area contributed by atoms with E-state index in [0.29, 0.717) is 29.5 Å². The minimum absolute atomic E-state index is 0.0633. The Balaban J connectivity index is 1.84. The van der Waals surface area contributed by atoms with Crippen molar-refractivity contribution >= 4 is 37.3 Å². The van der Waals surface area contributed by atoms with Gasteiger partial charge < -0.3 is 14.0 Å². The molecule has 0 aliphatic carbocycles. The predicted octanol–water partition coefficient (Wildman–Crippen LogP) is 2.25. The van der Waals surface area contributed by atoms with Crippen molar-refractivity contribution in [2.45, 2.75) is 11.4 Å². The number of nitrogens with zero attached hydrogens (tertiary/aromatic N) is 2. The van der Waals surface area contributed by atoms with E-state index in [4.69, 9.17) is 15.9 Å². The molecule has 0 saturated carbocycles. The van der Waals surface area contributed by atoms with Crippen molar-refractivity contribution in [3.63, 3.8) is 0 Å². The van der Waals surface area contributed by atoms with Crippen molar-refractivity contribution in [1.82, 2.24) is 4.57 Å². The molecule has 1 aliphatic rings. The highest BCUT2D eigenvalue weighted by molar-refractivity contribution is 7.90. The topological polar surface area (TPSA) is 87.0 Å². The Morgan fingerprint density at radius 1 is 1.24 bits per heavy atom. The molecule has 0 N–H and O–H groups in total. The van der Waals surface area contributed by atoms with Crippen LogP contribution in [0.2, 0.25) is 0 Å². The first-order valence-electron chi connectivity index (χ1n) is 8.62. The van der Waals surface area contributed by atoms with Crippen LogP contribution in [0.25, 0.3) is 10.2 Å². The minimum atomic E-state index is -3.43. The van der Waals surface area contributed by atoms with Gasteiger partial charge in [-0.15, -0.1) is 6.42 Å². The van der Waals surface area contributed by atoms with Crippen molar-refractivity contribution in [1.29, 1.82) is 0 Å². The summed E-state index contributed by atoms with van der Waals surface area (Å²) in [7, 11) is -3.43. The van der Waals surface area contributed by atoms with E-state index in [1.165, 1.54) is 35.6 Å². The molecule has 29 heavy (non-hydrogen) atoms. The number of amides is 1. The van der Waals surface area contributed by atoms with Crippen LogP contribution in [-0.2, 0) is 16.4 Å². The molecule has 3 aromatic rings. The summed E-state index contributed by atoms with van der Waals surface area (Å²) in [6.45, 7) is 1.15. The largest absolute Gasteiger partial charge is 0.486 e. The molecule has 4 rings (SSSR count). The first-order chi connectivity index (χ1) is 13.9. The van der Waals surface area contributed by atoms with Gasteiger partial charge in [-0.3, -0.25) is 4.79 Å². The summed E-state index contributed by atoms with van der Waals surface area (Å²) in [6, 6.07) is 9.47. The zero-order valence-electron chi connectivity index (χ0n) is 15.4. The van der Waals surface area contributed by atoms with Gasteiger partial charge in [-0.25, -0.2) is 8.42 Å². The van der Waals surface area contributed by atoms with Gasteiger partial charge in [0, 0.05) is 24.0 Å². The molecule has 148 valence electrons. The number of hydrogen-bond acceptors (Lipinski definition) is 6. The van der Waals surface area contributed by atoms with Crippen molar-refractivity contribution in [2.75, 3.05) is 19.5 Å². The fraction of sp³-hybridized carbons (Fsp3) is 0.200. The second-order valence-electron chi connectivity index (χ2n) is 6.36. The molecule has 1 aromatic heterocycles. The van der Waals surface area contributed by atoms with Crippen LogP contribution >= 0.6 is 11.3 Å². The zero-order chi connectivity index (χ0) is 20.6. The zero-order valence-corrected chi connectivity index (χ0v) is 17.0. The summed E-state index contributed by atoms with van der Waals surface area (Å²) >= 11 is 1.30. The highest BCUT2D eigenvalue weighted by Crippen LogP contribution is 2.35. The summed E-state index contributed by atoms with van der Waals surface area (Å²) in [6.07, 6.45) is 6.60. The van der Waals surface area contributed by atoms with Crippen LogP contribution in [0.3, 0.4) is 0 Å². The maximum Gasteiger partial charge on any atom is 0.279 e. The quantitative estimate of drug-likeness (QED) is 0.597. The van der Waals surface area contributed by atoms with Crippen LogP contribution in [0.5, 0.6) is 11.5 Å². The molecule has 9 heteroatoms. The molecule has 0 spiro atoms. The van der Waals surface area contributed by atoms with Gasteiger partial charge in [0.1, 0.15) is 13.2 Å². The SMILES string of the molecule is C#CCn1c(=NC(=O)c2cccc(S(C)(=O)=O)c2)sc2cc3c(cc21)OCCO3. The van der Waals surface area contributed by atoms with Gasteiger partial charge in [-0.2, -0.15) is 4.99 Å². The molecule has 7 nitrogen and oxygen atoms in total. The Labute approximate surface area is 171 Å². The number of sulfone groups is 1. The molecule has 2 aromatic carbocycles. The Morgan fingerprint density at radius 3 is 2.66 bits per heavy atom. The molecule has 1 amide bonds.